The van der Waals surface area contributed by atoms with E-state index in [-0.39, 0.29) is 18.0 Å². The number of anilines is 2. The number of rotatable bonds is 5. The van der Waals surface area contributed by atoms with E-state index in [0.29, 0.717) is 6.54 Å². The van der Waals surface area contributed by atoms with Crippen LogP contribution in [0.15, 0.2) is 40.9 Å². The van der Waals surface area contributed by atoms with Crippen molar-refractivity contribution in [3.05, 3.63) is 58.1 Å². The van der Waals surface area contributed by atoms with Gasteiger partial charge in [-0.3, -0.25) is 4.79 Å². The van der Waals surface area contributed by atoms with Crippen molar-refractivity contribution in [2.75, 3.05) is 17.2 Å². The zero-order valence-electron chi connectivity index (χ0n) is 11.9. The van der Waals surface area contributed by atoms with Gasteiger partial charge in [-0.05, 0) is 52.7 Å². The molecular weight excluding hydrogens is 354 g/mol. The van der Waals surface area contributed by atoms with E-state index in [0.717, 1.165) is 27.9 Å². The van der Waals surface area contributed by atoms with Crippen LogP contribution in [0.3, 0.4) is 0 Å². The van der Waals surface area contributed by atoms with Crippen LogP contribution in [0, 0.1) is 18.6 Å². The van der Waals surface area contributed by atoms with Gasteiger partial charge in [0.1, 0.15) is 11.6 Å². The molecule has 6 heteroatoms. The first-order chi connectivity index (χ1) is 10.5. The van der Waals surface area contributed by atoms with Crippen LogP contribution in [-0.2, 0) is 4.79 Å². The van der Waals surface area contributed by atoms with E-state index in [1.165, 1.54) is 6.07 Å². The largest absolute Gasteiger partial charge is 0.384 e. The molecule has 3 nitrogen and oxygen atoms in total. The molecule has 0 atom stereocenters. The summed E-state index contributed by atoms with van der Waals surface area (Å²) in [5.74, 6) is -1.81. The zero-order valence-corrected chi connectivity index (χ0v) is 13.5. The van der Waals surface area contributed by atoms with Crippen molar-refractivity contribution >= 4 is 33.2 Å². The molecule has 2 rings (SSSR count). The Hall–Kier alpha value is -1.95. The van der Waals surface area contributed by atoms with Gasteiger partial charge in [-0.1, -0.05) is 6.07 Å². The van der Waals surface area contributed by atoms with Crippen molar-refractivity contribution in [3.8, 4) is 0 Å². The van der Waals surface area contributed by atoms with Crippen molar-refractivity contribution < 1.29 is 13.6 Å². The first-order valence-electron chi connectivity index (χ1n) is 6.70. The molecule has 0 bridgehead atoms. The standard InChI is InChI=1S/C16H15BrF2N2O/c1-10-2-4-14(12(17)8-10)20-7-6-16(22)21-15-5-3-11(18)9-13(15)19/h2-5,8-9,20H,6-7H2,1H3,(H,21,22). The summed E-state index contributed by atoms with van der Waals surface area (Å²) in [5.41, 5.74) is 1.98. The van der Waals surface area contributed by atoms with Crippen molar-refractivity contribution in [2.45, 2.75) is 13.3 Å². The van der Waals surface area contributed by atoms with E-state index < -0.39 is 11.6 Å². The zero-order chi connectivity index (χ0) is 16.1. The predicted octanol–water partition coefficient (Wildman–Crippen LogP) is 4.48. The van der Waals surface area contributed by atoms with Gasteiger partial charge < -0.3 is 10.6 Å². The minimum absolute atomic E-state index is 0.0251. The highest BCUT2D eigenvalue weighted by Crippen LogP contribution is 2.23. The Balaban J connectivity index is 1.85. The Morgan fingerprint density at radius 1 is 1.14 bits per heavy atom. The molecule has 0 spiro atoms. The third-order valence-electron chi connectivity index (χ3n) is 3.00. The van der Waals surface area contributed by atoms with E-state index >= 15 is 0 Å². The van der Waals surface area contributed by atoms with E-state index in [2.05, 4.69) is 26.6 Å². The maximum atomic E-state index is 13.4. The highest BCUT2D eigenvalue weighted by atomic mass is 79.9. The lowest BCUT2D eigenvalue weighted by Crippen LogP contribution is -2.17. The monoisotopic (exact) mass is 368 g/mol. The molecule has 0 unspecified atom stereocenters. The molecule has 0 radical (unpaired) electrons. The van der Waals surface area contributed by atoms with Crippen LogP contribution in [0.25, 0.3) is 0 Å². The minimum atomic E-state index is -0.789. The summed E-state index contributed by atoms with van der Waals surface area (Å²) in [7, 11) is 0. The quantitative estimate of drug-likeness (QED) is 0.816. The van der Waals surface area contributed by atoms with Crippen molar-refractivity contribution in [1.82, 2.24) is 0 Å². The van der Waals surface area contributed by atoms with E-state index in [9.17, 15) is 13.6 Å². The molecule has 2 N–H and O–H groups in total. The Morgan fingerprint density at radius 2 is 1.86 bits per heavy atom. The number of halogens is 3. The molecule has 22 heavy (non-hydrogen) atoms. The molecule has 0 aliphatic heterocycles. The van der Waals surface area contributed by atoms with Crippen molar-refractivity contribution in [2.24, 2.45) is 0 Å². The number of benzene rings is 2. The normalized spacial score (nSPS) is 10.4. The van der Waals surface area contributed by atoms with Gasteiger partial charge in [0.15, 0.2) is 0 Å². The summed E-state index contributed by atoms with van der Waals surface area (Å²) in [6, 6.07) is 8.87. The summed E-state index contributed by atoms with van der Waals surface area (Å²) < 4.78 is 27.1. The Kier molecular flexibility index (Phi) is 5.49. The third kappa shape index (κ3) is 4.53. The summed E-state index contributed by atoms with van der Waals surface area (Å²) in [6.45, 7) is 2.38. The SMILES string of the molecule is Cc1ccc(NCCC(=O)Nc2ccc(F)cc2F)c(Br)c1. The molecule has 0 heterocycles. The molecule has 116 valence electrons. The lowest BCUT2D eigenvalue weighted by atomic mass is 10.2. The topological polar surface area (TPSA) is 41.1 Å². The molecule has 0 aliphatic carbocycles. The van der Waals surface area contributed by atoms with Crippen LogP contribution in [0.2, 0.25) is 0 Å². The highest BCUT2D eigenvalue weighted by Gasteiger charge is 2.08. The fourth-order valence-electron chi connectivity index (χ4n) is 1.88. The van der Waals surface area contributed by atoms with Gasteiger partial charge in [0.25, 0.3) is 0 Å². The fraction of sp³-hybridized carbons (Fsp3) is 0.188. The number of hydrogen-bond donors (Lipinski definition) is 2. The van der Waals surface area contributed by atoms with Gasteiger partial charge in [0.2, 0.25) is 5.91 Å². The van der Waals surface area contributed by atoms with Crippen LogP contribution in [0.1, 0.15) is 12.0 Å². The number of carbonyl (C=O) groups excluding carboxylic acids is 1. The van der Waals surface area contributed by atoms with E-state index in [4.69, 9.17) is 0 Å². The molecule has 0 aromatic heterocycles. The second-order valence-corrected chi connectivity index (χ2v) is 5.69. The van der Waals surface area contributed by atoms with Crippen molar-refractivity contribution in [3.63, 3.8) is 0 Å². The number of amides is 1. The van der Waals surface area contributed by atoms with E-state index in [1.807, 2.05) is 25.1 Å². The highest BCUT2D eigenvalue weighted by molar-refractivity contribution is 9.10. The van der Waals surface area contributed by atoms with Crippen LogP contribution in [-0.4, -0.2) is 12.5 Å². The lowest BCUT2D eigenvalue weighted by molar-refractivity contribution is -0.116. The second-order valence-electron chi connectivity index (χ2n) is 4.83. The first kappa shape index (κ1) is 16.4. The van der Waals surface area contributed by atoms with Gasteiger partial charge in [0, 0.05) is 29.2 Å². The maximum absolute atomic E-state index is 13.4. The number of carbonyl (C=O) groups is 1. The fourth-order valence-corrected chi connectivity index (χ4v) is 2.51. The summed E-state index contributed by atoms with van der Waals surface area (Å²) >= 11 is 3.44. The van der Waals surface area contributed by atoms with Crippen LogP contribution in [0.5, 0.6) is 0 Å². The molecule has 0 fully saturated rings. The molecule has 0 saturated heterocycles. The summed E-state index contributed by atoms with van der Waals surface area (Å²) in [4.78, 5) is 11.8. The van der Waals surface area contributed by atoms with Crippen LogP contribution < -0.4 is 10.6 Å². The number of nitrogens with one attached hydrogen (secondary N) is 2. The molecule has 2 aromatic carbocycles. The Bertz CT molecular complexity index is 692. The summed E-state index contributed by atoms with van der Waals surface area (Å²) in [6.07, 6.45) is 0.164. The predicted molar refractivity (Wildman–Crippen MR) is 87.0 cm³/mol. The maximum Gasteiger partial charge on any atom is 0.226 e. The molecule has 2 aromatic rings. The van der Waals surface area contributed by atoms with Crippen LogP contribution >= 0.6 is 15.9 Å². The molecule has 1 amide bonds. The van der Waals surface area contributed by atoms with Gasteiger partial charge in [-0.25, -0.2) is 8.78 Å². The van der Waals surface area contributed by atoms with Gasteiger partial charge in [-0.15, -0.1) is 0 Å². The average Bonchev–Trinajstić information content (AvgIpc) is 2.44. The lowest BCUT2D eigenvalue weighted by Gasteiger charge is -2.10. The number of hydrogen-bond acceptors (Lipinski definition) is 2. The number of aryl methyl sites for hydroxylation is 1. The Morgan fingerprint density at radius 3 is 2.55 bits per heavy atom. The minimum Gasteiger partial charge on any atom is -0.384 e. The van der Waals surface area contributed by atoms with Crippen molar-refractivity contribution in [1.29, 1.82) is 0 Å². The van der Waals surface area contributed by atoms with Gasteiger partial charge in [0.05, 0.1) is 5.69 Å². The average molecular weight is 369 g/mol. The third-order valence-corrected chi connectivity index (χ3v) is 3.65. The smallest absolute Gasteiger partial charge is 0.226 e. The summed E-state index contributed by atoms with van der Waals surface area (Å²) in [5, 5.41) is 5.53. The van der Waals surface area contributed by atoms with E-state index in [1.54, 1.807) is 0 Å². The van der Waals surface area contributed by atoms with Gasteiger partial charge in [-0.2, -0.15) is 0 Å². The first-order valence-corrected chi connectivity index (χ1v) is 7.50. The second kappa shape index (κ2) is 7.35. The molecular formula is C16H15BrF2N2O. The molecule has 0 saturated carbocycles. The van der Waals surface area contributed by atoms with Gasteiger partial charge >= 0.3 is 0 Å². The van der Waals surface area contributed by atoms with Crippen LogP contribution in [0.4, 0.5) is 20.2 Å². The molecule has 0 aliphatic rings. The Labute approximate surface area is 135 Å².